The molecular weight excluding hydrogens is 204 g/mol. The molecule has 0 fully saturated rings. The van der Waals surface area contributed by atoms with Crippen molar-refractivity contribution in [2.24, 2.45) is 0 Å². The van der Waals surface area contributed by atoms with Gasteiger partial charge in [-0.15, -0.1) is 0 Å². The minimum Gasteiger partial charge on any atom is -0.274 e. The van der Waals surface area contributed by atoms with Crippen LogP contribution in [0.2, 0.25) is 0 Å². The first kappa shape index (κ1) is 11.6. The maximum absolute atomic E-state index is 12.3. The summed E-state index contributed by atoms with van der Waals surface area (Å²) < 4.78 is 24.7. The van der Waals surface area contributed by atoms with Crippen LogP contribution in [0.1, 0.15) is 22.3 Å². The van der Waals surface area contributed by atoms with Gasteiger partial charge in [0, 0.05) is 18.2 Å². The first-order chi connectivity index (χ1) is 7.06. The van der Waals surface area contributed by atoms with E-state index in [9.17, 15) is 13.6 Å². The lowest BCUT2D eigenvalue weighted by molar-refractivity contribution is -0.0757. The Bertz CT molecular complexity index is 355. The van der Waals surface area contributed by atoms with E-state index >= 15 is 0 Å². The molecule has 1 aromatic carbocycles. The second-order valence-electron chi connectivity index (χ2n) is 2.91. The van der Waals surface area contributed by atoms with Crippen LogP contribution in [0.25, 0.3) is 0 Å². The molecule has 0 heterocycles. The quantitative estimate of drug-likeness (QED) is 0.724. The van der Waals surface area contributed by atoms with E-state index in [4.69, 9.17) is 0 Å². The Morgan fingerprint density at radius 3 is 2.67 bits per heavy atom. The lowest BCUT2D eigenvalue weighted by Gasteiger charge is -2.13. The zero-order valence-electron chi connectivity index (χ0n) is 8.41. The van der Waals surface area contributed by atoms with Crippen LogP contribution in [0.3, 0.4) is 0 Å². The number of hydrogen-bond acceptors (Lipinski definition) is 2. The van der Waals surface area contributed by atoms with Crippen molar-refractivity contribution >= 4 is 5.91 Å². The molecule has 0 unspecified atom stereocenters. The Balaban J connectivity index is 2.95. The highest BCUT2D eigenvalue weighted by molar-refractivity contribution is 5.93. The predicted molar refractivity (Wildman–Crippen MR) is 50.5 cm³/mol. The van der Waals surface area contributed by atoms with Crippen molar-refractivity contribution in [3.8, 4) is 0 Å². The van der Waals surface area contributed by atoms with E-state index < -0.39 is 12.3 Å². The van der Waals surface area contributed by atoms with Crippen molar-refractivity contribution in [2.75, 3.05) is 14.2 Å². The second kappa shape index (κ2) is 4.84. The maximum atomic E-state index is 12.3. The van der Waals surface area contributed by atoms with Crippen LogP contribution in [0.4, 0.5) is 8.78 Å². The van der Waals surface area contributed by atoms with E-state index in [2.05, 4.69) is 4.84 Å². The van der Waals surface area contributed by atoms with E-state index in [-0.39, 0.29) is 11.1 Å². The topological polar surface area (TPSA) is 29.5 Å². The van der Waals surface area contributed by atoms with Gasteiger partial charge in [-0.2, -0.15) is 0 Å². The Morgan fingerprint density at radius 1 is 1.47 bits per heavy atom. The fourth-order valence-corrected chi connectivity index (χ4v) is 1.07. The van der Waals surface area contributed by atoms with Gasteiger partial charge in [0.15, 0.2) is 0 Å². The van der Waals surface area contributed by atoms with Gasteiger partial charge in [-0.05, 0) is 12.1 Å². The van der Waals surface area contributed by atoms with Crippen molar-refractivity contribution in [3.05, 3.63) is 35.4 Å². The van der Waals surface area contributed by atoms with E-state index in [0.717, 1.165) is 11.1 Å². The lowest BCUT2D eigenvalue weighted by atomic mass is 10.1. The number of nitrogens with zero attached hydrogens (tertiary/aromatic N) is 1. The molecular formula is C10H11F2NO2. The third kappa shape index (κ3) is 2.73. The van der Waals surface area contributed by atoms with Gasteiger partial charge in [0.1, 0.15) is 0 Å². The smallest absolute Gasteiger partial charge is 0.274 e. The molecule has 0 saturated heterocycles. The van der Waals surface area contributed by atoms with Crippen LogP contribution in [0.15, 0.2) is 24.3 Å². The Hall–Kier alpha value is -1.49. The average molecular weight is 215 g/mol. The Morgan fingerprint density at radius 2 is 2.13 bits per heavy atom. The Kier molecular flexibility index (Phi) is 3.74. The summed E-state index contributed by atoms with van der Waals surface area (Å²) in [6.45, 7) is 0. The number of amides is 1. The fourth-order valence-electron chi connectivity index (χ4n) is 1.07. The first-order valence-electron chi connectivity index (χ1n) is 4.26. The third-order valence-electron chi connectivity index (χ3n) is 1.95. The van der Waals surface area contributed by atoms with Crippen molar-refractivity contribution in [1.82, 2.24) is 5.06 Å². The first-order valence-corrected chi connectivity index (χ1v) is 4.26. The summed E-state index contributed by atoms with van der Waals surface area (Å²) in [6, 6.07) is 5.30. The molecule has 0 aliphatic carbocycles. The van der Waals surface area contributed by atoms with Crippen LogP contribution < -0.4 is 0 Å². The van der Waals surface area contributed by atoms with Gasteiger partial charge in [-0.1, -0.05) is 12.1 Å². The molecule has 5 heteroatoms. The van der Waals surface area contributed by atoms with Crippen molar-refractivity contribution in [1.29, 1.82) is 0 Å². The summed E-state index contributed by atoms with van der Waals surface area (Å²) in [7, 11) is 2.74. The number of carbonyl (C=O) groups excluding carboxylic acids is 1. The molecule has 0 spiro atoms. The van der Waals surface area contributed by atoms with E-state index in [1.165, 1.54) is 32.4 Å². The molecule has 3 nitrogen and oxygen atoms in total. The van der Waals surface area contributed by atoms with Gasteiger partial charge in [-0.3, -0.25) is 9.63 Å². The maximum Gasteiger partial charge on any atom is 0.277 e. The predicted octanol–water partition coefficient (Wildman–Crippen LogP) is 2.26. The minimum absolute atomic E-state index is 0.176. The zero-order valence-corrected chi connectivity index (χ0v) is 8.41. The summed E-state index contributed by atoms with van der Waals surface area (Å²) in [5.74, 6) is -0.458. The molecule has 15 heavy (non-hydrogen) atoms. The summed E-state index contributed by atoms with van der Waals surface area (Å²) in [4.78, 5) is 16.2. The average Bonchev–Trinajstić information content (AvgIpc) is 2.27. The standard InChI is InChI=1S/C10H11F2NO2/c1-13(15-2)10(14)8-5-3-4-7(6-8)9(11)12/h3-6,9H,1-2H3. The Labute approximate surface area is 86.2 Å². The van der Waals surface area contributed by atoms with Crippen LogP contribution in [-0.4, -0.2) is 25.1 Å². The molecule has 0 aliphatic heterocycles. The van der Waals surface area contributed by atoms with Gasteiger partial charge in [-0.25, -0.2) is 13.8 Å². The van der Waals surface area contributed by atoms with Gasteiger partial charge in [0.25, 0.3) is 12.3 Å². The zero-order chi connectivity index (χ0) is 11.4. The number of benzene rings is 1. The minimum atomic E-state index is -2.58. The molecule has 1 aromatic rings. The molecule has 0 radical (unpaired) electrons. The van der Waals surface area contributed by atoms with Crippen molar-refractivity contribution < 1.29 is 18.4 Å². The summed E-state index contributed by atoms with van der Waals surface area (Å²) in [5, 5.41) is 0.977. The van der Waals surface area contributed by atoms with Gasteiger partial charge in [0.05, 0.1) is 7.11 Å². The summed E-state index contributed by atoms with van der Waals surface area (Å²) >= 11 is 0. The van der Waals surface area contributed by atoms with Crippen LogP contribution >= 0.6 is 0 Å². The van der Waals surface area contributed by atoms with Gasteiger partial charge in [0.2, 0.25) is 0 Å². The molecule has 0 aliphatic rings. The van der Waals surface area contributed by atoms with E-state index in [0.29, 0.717) is 0 Å². The number of alkyl halides is 2. The molecule has 0 N–H and O–H groups in total. The highest BCUT2D eigenvalue weighted by atomic mass is 19.3. The van der Waals surface area contributed by atoms with Crippen molar-refractivity contribution in [2.45, 2.75) is 6.43 Å². The third-order valence-corrected chi connectivity index (χ3v) is 1.95. The van der Waals surface area contributed by atoms with Gasteiger partial charge < -0.3 is 0 Å². The van der Waals surface area contributed by atoms with Crippen molar-refractivity contribution in [3.63, 3.8) is 0 Å². The SMILES string of the molecule is CON(C)C(=O)c1cccc(C(F)F)c1. The lowest BCUT2D eigenvalue weighted by Crippen LogP contribution is -2.25. The number of halogens is 2. The number of hydroxylamine groups is 2. The molecule has 1 rings (SSSR count). The fraction of sp³-hybridized carbons (Fsp3) is 0.300. The monoisotopic (exact) mass is 215 g/mol. The molecule has 0 bridgehead atoms. The summed E-state index contributed by atoms with van der Waals surface area (Å²) in [5.41, 5.74) is 0.00232. The van der Waals surface area contributed by atoms with Crippen LogP contribution in [0, 0.1) is 0 Å². The normalized spacial score (nSPS) is 10.5. The summed E-state index contributed by atoms with van der Waals surface area (Å²) in [6.07, 6.45) is -2.58. The molecule has 0 saturated carbocycles. The largest absolute Gasteiger partial charge is 0.277 e. The highest BCUT2D eigenvalue weighted by Gasteiger charge is 2.14. The molecule has 0 atom stereocenters. The van der Waals surface area contributed by atoms with Gasteiger partial charge >= 0.3 is 0 Å². The number of carbonyl (C=O) groups is 1. The second-order valence-corrected chi connectivity index (χ2v) is 2.91. The molecule has 1 amide bonds. The molecule has 82 valence electrons. The molecule has 0 aromatic heterocycles. The number of hydrogen-bond donors (Lipinski definition) is 0. The highest BCUT2D eigenvalue weighted by Crippen LogP contribution is 2.19. The van der Waals surface area contributed by atoms with E-state index in [1.54, 1.807) is 0 Å². The number of rotatable bonds is 3. The van der Waals surface area contributed by atoms with E-state index in [1.807, 2.05) is 0 Å². The van der Waals surface area contributed by atoms with Crippen LogP contribution in [0.5, 0.6) is 0 Å². The van der Waals surface area contributed by atoms with Crippen LogP contribution in [-0.2, 0) is 4.84 Å².